The number of fused-ring (bicyclic) bond motifs is 1. The number of nitrogens with zero attached hydrogens (tertiary/aromatic N) is 1. The van der Waals surface area contributed by atoms with Crippen LogP contribution in [-0.2, 0) is 4.79 Å². The highest BCUT2D eigenvalue weighted by atomic mass is 32.1. The van der Waals surface area contributed by atoms with Crippen molar-refractivity contribution in [3.63, 3.8) is 0 Å². The minimum atomic E-state index is -0.136. The molecule has 1 N–H and O–H groups in total. The van der Waals surface area contributed by atoms with Gasteiger partial charge in [-0.25, -0.2) is 0 Å². The van der Waals surface area contributed by atoms with Crippen molar-refractivity contribution >= 4 is 34.0 Å². The fourth-order valence-corrected chi connectivity index (χ4v) is 4.21. The number of aldehydes is 2. The minimum absolute atomic E-state index is 0.136. The Balaban J connectivity index is 2.07. The lowest BCUT2D eigenvalue weighted by Crippen LogP contribution is -2.28. The molecule has 0 spiro atoms. The van der Waals surface area contributed by atoms with Crippen LogP contribution in [0, 0.1) is 0 Å². The molecule has 1 atom stereocenters. The molecule has 2 aromatic carbocycles. The minimum Gasteiger partial charge on any atom is -0.365 e. The molecule has 27 heavy (non-hydrogen) atoms. The molecule has 0 saturated heterocycles. The van der Waals surface area contributed by atoms with Gasteiger partial charge in [0.15, 0.2) is 0 Å². The summed E-state index contributed by atoms with van der Waals surface area (Å²) in [4.78, 5) is 24.3. The Bertz CT molecular complexity index is 991. The Hall–Kier alpha value is -2.92. The van der Waals surface area contributed by atoms with E-state index in [-0.39, 0.29) is 6.04 Å². The quantitative estimate of drug-likeness (QED) is 0.581. The summed E-state index contributed by atoms with van der Waals surface area (Å²) in [7, 11) is 3.83. The van der Waals surface area contributed by atoms with Gasteiger partial charge in [0, 0.05) is 30.8 Å². The average molecular weight is 378 g/mol. The highest BCUT2D eigenvalue weighted by molar-refractivity contribution is 7.18. The van der Waals surface area contributed by atoms with Crippen LogP contribution in [0.15, 0.2) is 60.2 Å². The summed E-state index contributed by atoms with van der Waals surface area (Å²) in [6.45, 7) is 4.02. The normalized spacial score (nSPS) is 11.8. The summed E-state index contributed by atoms with van der Waals surface area (Å²) in [6.07, 6.45) is 2.16. The third kappa shape index (κ3) is 3.93. The number of rotatable bonds is 8. The zero-order valence-corrected chi connectivity index (χ0v) is 16.3. The molecule has 0 aliphatic rings. The average Bonchev–Trinajstić information content (AvgIpc) is 3.11. The van der Waals surface area contributed by atoms with E-state index in [0.29, 0.717) is 12.0 Å². The van der Waals surface area contributed by atoms with Crippen molar-refractivity contribution in [3.05, 3.63) is 71.4 Å². The second kappa shape index (κ2) is 8.18. The molecule has 1 unspecified atom stereocenters. The molecular formula is C22H22N2O2S. The van der Waals surface area contributed by atoms with Gasteiger partial charge in [-0.1, -0.05) is 43.0 Å². The Morgan fingerprint density at radius 3 is 2.70 bits per heavy atom. The van der Waals surface area contributed by atoms with Gasteiger partial charge in [-0.2, -0.15) is 0 Å². The summed E-state index contributed by atoms with van der Waals surface area (Å²) in [5.74, 6) is 0.760. The van der Waals surface area contributed by atoms with Crippen LogP contribution in [0.2, 0.25) is 0 Å². The molecule has 1 aromatic heterocycles. The summed E-state index contributed by atoms with van der Waals surface area (Å²) in [5.41, 5.74) is 3.84. The molecule has 0 fully saturated rings. The van der Waals surface area contributed by atoms with Crippen LogP contribution in [0.3, 0.4) is 0 Å². The van der Waals surface area contributed by atoms with Gasteiger partial charge in [-0.05, 0) is 33.5 Å². The lowest BCUT2D eigenvalue weighted by Gasteiger charge is -2.24. The number of thiophene rings is 1. The molecule has 138 valence electrons. The van der Waals surface area contributed by atoms with Crippen LogP contribution < -0.4 is 5.32 Å². The van der Waals surface area contributed by atoms with Crippen molar-refractivity contribution in [1.29, 1.82) is 0 Å². The maximum atomic E-state index is 11.2. The number of carbonyl (C=O) groups excluding carboxylic acids is 2. The molecule has 0 amide bonds. The Morgan fingerprint density at radius 1 is 1.22 bits per heavy atom. The Kier molecular flexibility index (Phi) is 5.72. The van der Waals surface area contributed by atoms with Crippen LogP contribution in [0.5, 0.6) is 0 Å². The summed E-state index contributed by atoms with van der Waals surface area (Å²) < 4.78 is 1.14. The standard InChI is InChI=1S/C22H22N2O2S/c1-15(24(2)3)23-21(10-11-25)20-14-27-22-18(8-5-9-19(20)22)17-7-4-6-16(12-17)13-26/h4-9,11-14,21,23H,1,10H2,2-3H3. The zero-order valence-electron chi connectivity index (χ0n) is 15.4. The number of hydrogen-bond donors (Lipinski definition) is 1. The van der Waals surface area contributed by atoms with Crippen LogP contribution in [0.25, 0.3) is 21.2 Å². The van der Waals surface area contributed by atoms with Crippen LogP contribution >= 0.6 is 11.3 Å². The Labute approximate surface area is 163 Å². The summed E-state index contributed by atoms with van der Waals surface area (Å²) >= 11 is 1.65. The Morgan fingerprint density at radius 2 is 2.00 bits per heavy atom. The van der Waals surface area contributed by atoms with Gasteiger partial charge in [-0.3, -0.25) is 4.79 Å². The van der Waals surface area contributed by atoms with E-state index in [2.05, 4.69) is 29.4 Å². The van der Waals surface area contributed by atoms with E-state index in [1.54, 1.807) is 17.4 Å². The van der Waals surface area contributed by atoms with E-state index in [0.717, 1.165) is 45.2 Å². The molecule has 0 saturated carbocycles. The highest BCUT2D eigenvalue weighted by Crippen LogP contribution is 2.38. The predicted octanol–water partition coefficient (Wildman–Crippen LogP) is 4.63. The van der Waals surface area contributed by atoms with E-state index in [4.69, 9.17) is 0 Å². The number of hydrogen-bond acceptors (Lipinski definition) is 5. The van der Waals surface area contributed by atoms with Crippen molar-refractivity contribution in [2.75, 3.05) is 14.1 Å². The maximum Gasteiger partial charge on any atom is 0.150 e. The monoisotopic (exact) mass is 378 g/mol. The fraction of sp³-hybridized carbons (Fsp3) is 0.182. The maximum absolute atomic E-state index is 11.2. The van der Waals surface area contributed by atoms with Gasteiger partial charge in [0.25, 0.3) is 0 Å². The smallest absolute Gasteiger partial charge is 0.150 e. The largest absolute Gasteiger partial charge is 0.365 e. The van der Waals surface area contributed by atoms with Crippen LogP contribution in [0.1, 0.15) is 28.4 Å². The van der Waals surface area contributed by atoms with Crippen LogP contribution in [0.4, 0.5) is 0 Å². The van der Waals surface area contributed by atoms with Gasteiger partial charge < -0.3 is 15.0 Å². The molecule has 0 aliphatic carbocycles. The van der Waals surface area contributed by atoms with Gasteiger partial charge in [0.05, 0.1) is 11.9 Å². The second-order valence-electron chi connectivity index (χ2n) is 6.56. The first-order valence-corrected chi connectivity index (χ1v) is 9.55. The van der Waals surface area contributed by atoms with Crippen molar-refractivity contribution in [2.24, 2.45) is 0 Å². The lowest BCUT2D eigenvalue weighted by molar-refractivity contribution is -0.108. The molecule has 3 rings (SSSR count). The predicted molar refractivity (Wildman–Crippen MR) is 112 cm³/mol. The van der Waals surface area contributed by atoms with Crippen molar-refractivity contribution in [3.8, 4) is 11.1 Å². The van der Waals surface area contributed by atoms with Gasteiger partial charge in [-0.15, -0.1) is 11.3 Å². The van der Waals surface area contributed by atoms with E-state index in [9.17, 15) is 9.59 Å². The van der Waals surface area contributed by atoms with Gasteiger partial charge in [0.1, 0.15) is 12.6 Å². The van der Waals surface area contributed by atoms with Crippen LogP contribution in [-0.4, -0.2) is 31.6 Å². The molecular weight excluding hydrogens is 356 g/mol. The molecule has 5 heteroatoms. The lowest BCUT2D eigenvalue weighted by atomic mass is 9.98. The second-order valence-corrected chi connectivity index (χ2v) is 7.44. The van der Waals surface area contributed by atoms with Crippen molar-refractivity contribution in [2.45, 2.75) is 12.5 Å². The van der Waals surface area contributed by atoms with Gasteiger partial charge in [0.2, 0.25) is 0 Å². The summed E-state index contributed by atoms with van der Waals surface area (Å²) in [6, 6.07) is 13.6. The molecule has 4 nitrogen and oxygen atoms in total. The van der Waals surface area contributed by atoms with Gasteiger partial charge >= 0.3 is 0 Å². The SMILES string of the molecule is C=C(NC(CC=O)c1csc2c(-c3cccc(C=O)c3)cccc12)N(C)C. The topological polar surface area (TPSA) is 49.4 Å². The first kappa shape index (κ1) is 18.9. The molecule has 3 aromatic rings. The highest BCUT2D eigenvalue weighted by Gasteiger charge is 2.18. The van der Waals surface area contributed by atoms with E-state index >= 15 is 0 Å². The molecule has 0 radical (unpaired) electrons. The van der Waals surface area contributed by atoms with Crippen molar-refractivity contribution < 1.29 is 9.59 Å². The molecule has 1 heterocycles. The molecule has 0 aliphatic heterocycles. The third-order valence-corrected chi connectivity index (χ3v) is 5.60. The number of carbonyl (C=O) groups is 2. The summed E-state index contributed by atoms with van der Waals surface area (Å²) in [5, 5.41) is 6.56. The van der Waals surface area contributed by atoms with Crippen molar-refractivity contribution in [1.82, 2.24) is 10.2 Å². The zero-order chi connectivity index (χ0) is 19.4. The van der Waals surface area contributed by atoms with E-state index in [1.165, 1.54) is 0 Å². The van der Waals surface area contributed by atoms with E-state index < -0.39 is 0 Å². The molecule has 0 bridgehead atoms. The number of nitrogens with one attached hydrogen (secondary N) is 1. The first-order chi connectivity index (χ1) is 13.0. The first-order valence-electron chi connectivity index (χ1n) is 8.67. The fourth-order valence-electron chi connectivity index (χ4n) is 3.04. The third-order valence-electron chi connectivity index (χ3n) is 4.55. The van der Waals surface area contributed by atoms with E-state index in [1.807, 2.05) is 43.3 Å². The number of benzene rings is 2.